The quantitative estimate of drug-likeness (QED) is 0.714. The van der Waals surface area contributed by atoms with Crippen LogP contribution in [0.5, 0.6) is 5.75 Å². The van der Waals surface area contributed by atoms with E-state index >= 15 is 0 Å². The van der Waals surface area contributed by atoms with E-state index in [9.17, 15) is 22.8 Å². The summed E-state index contributed by atoms with van der Waals surface area (Å²) in [5.74, 6) is -0.944. The van der Waals surface area contributed by atoms with Crippen molar-refractivity contribution in [3.8, 4) is 5.75 Å². The molecule has 0 spiro atoms. The average molecular weight is 393 g/mol. The van der Waals surface area contributed by atoms with Gasteiger partial charge in [-0.05, 0) is 54.8 Å². The molecule has 0 saturated carbocycles. The molecular weight excluding hydrogens is 375 g/mol. The standard InChI is InChI=1S/C20H18F3NO4/c1-3-27-19(26)14-8-12(2)17-15(9-14)11-24(18(17)25)10-13-4-6-16(7-5-13)28-20(21,22)23/h4-9H,3,10-11H2,1-2H3. The molecule has 0 radical (unpaired) electrons. The number of carbonyl (C=O) groups excluding carboxylic acids is 2. The molecule has 0 aromatic heterocycles. The fourth-order valence-electron chi connectivity index (χ4n) is 3.20. The molecule has 0 fully saturated rings. The van der Waals surface area contributed by atoms with Crippen LogP contribution in [0.2, 0.25) is 0 Å². The van der Waals surface area contributed by atoms with E-state index in [1.54, 1.807) is 30.9 Å². The second-order valence-electron chi connectivity index (χ2n) is 6.40. The molecule has 1 aliphatic rings. The summed E-state index contributed by atoms with van der Waals surface area (Å²) in [7, 11) is 0. The first kappa shape index (κ1) is 19.7. The normalized spacial score (nSPS) is 13.5. The Labute approximate surface area is 159 Å². The molecule has 1 heterocycles. The van der Waals surface area contributed by atoms with Crippen LogP contribution in [0.3, 0.4) is 0 Å². The first-order valence-corrected chi connectivity index (χ1v) is 8.62. The van der Waals surface area contributed by atoms with E-state index in [2.05, 4.69) is 4.74 Å². The lowest BCUT2D eigenvalue weighted by Crippen LogP contribution is -2.23. The summed E-state index contributed by atoms with van der Waals surface area (Å²) in [6.45, 7) is 4.27. The molecule has 28 heavy (non-hydrogen) atoms. The van der Waals surface area contributed by atoms with Crippen LogP contribution in [0.25, 0.3) is 0 Å². The van der Waals surface area contributed by atoms with Gasteiger partial charge in [-0.1, -0.05) is 12.1 Å². The maximum absolute atomic E-state index is 12.7. The molecule has 0 saturated heterocycles. The highest BCUT2D eigenvalue weighted by atomic mass is 19.4. The lowest BCUT2D eigenvalue weighted by Gasteiger charge is -2.16. The van der Waals surface area contributed by atoms with Gasteiger partial charge in [-0.3, -0.25) is 4.79 Å². The van der Waals surface area contributed by atoms with Crippen molar-refractivity contribution >= 4 is 11.9 Å². The molecule has 1 aliphatic heterocycles. The van der Waals surface area contributed by atoms with Gasteiger partial charge in [0.1, 0.15) is 5.75 Å². The van der Waals surface area contributed by atoms with Gasteiger partial charge in [-0.15, -0.1) is 13.2 Å². The van der Waals surface area contributed by atoms with Gasteiger partial charge in [-0.2, -0.15) is 0 Å². The Kier molecular flexibility index (Phi) is 5.31. The van der Waals surface area contributed by atoms with E-state index in [0.29, 0.717) is 28.8 Å². The fraction of sp³-hybridized carbons (Fsp3) is 0.300. The monoisotopic (exact) mass is 393 g/mol. The Hall–Kier alpha value is -3.03. The summed E-state index contributed by atoms with van der Waals surface area (Å²) in [6, 6.07) is 8.66. The summed E-state index contributed by atoms with van der Waals surface area (Å²) in [5, 5.41) is 0. The molecule has 0 aliphatic carbocycles. The molecule has 2 aromatic rings. The minimum atomic E-state index is -4.75. The van der Waals surface area contributed by atoms with Gasteiger partial charge in [0.2, 0.25) is 0 Å². The number of alkyl halides is 3. The van der Waals surface area contributed by atoms with Crippen LogP contribution in [-0.4, -0.2) is 29.7 Å². The lowest BCUT2D eigenvalue weighted by atomic mass is 10.0. The first-order chi connectivity index (χ1) is 13.2. The number of hydrogen-bond donors (Lipinski definition) is 0. The highest BCUT2D eigenvalue weighted by Crippen LogP contribution is 2.29. The fourth-order valence-corrected chi connectivity index (χ4v) is 3.20. The van der Waals surface area contributed by atoms with E-state index in [1.807, 2.05) is 0 Å². The number of carbonyl (C=O) groups is 2. The van der Waals surface area contributed by atoms with Crippen molar-refractivity contribution < 1.29 is 32.2 Å². The number of benzene rings is 2. The average Bonchev–Trinajstić information content (AvgIpc) is 2.92. The Morgan fingerprint density at radius 1 is 1.18 bits per heavy atom. The van der Waals surface area contributed by atoms with Crippen molar-refractivity contribution in [2.45, 2.75) is 33.3 Å². The van der Waals surface area contributed by atoms with Crippen molar-refractivity contribution in [2.75, 3.05) is 6.61 Å². The van der Waals surface area contributed by atoms with Crippen LogP contribution >= 0.6 is 0 Å². The Bertz CT molecular complexity index is 907. The molecule has 0 bridgehead atoms. The summed E-state index contributed by atoms with van der Waals surface area (Å²) >= 11 is 0. The van der Waals surface area contributed by atoms with Crippen LogP contribution < -0.4 is 4.74 Å². The van der Waals surface area contributed by atoms with E-state index in [0.717, 1.165) is 5.56 Å². The van der Waals surface area contributed by atoms with Gasteiger partial charge in [0.15, 0.2) is 0 Å². The van der Waals surface area contributed by atoms with Crippen molar-refractivity contribution in [1.29, 1.82) is 0 Å². The Morgan fingerprint density at radius 2 is 1.86 bits per heavy atom. The summed E-state index contributed by atoms with van der Waals surface area (Å²) in [4.78, 5) is 26.3. The van der Waals surface area contributed by atoms with Crippen LogP contribution in [0.4, 0.5) is 13.2 Å². The van der Waals surface area contributed by atoms with Gasteiger partial charge in [-0.25, -0.2) is 4.79 Å². The van der Waals surface area contributed by atoms with Gasteiger partial charge >= 0.3 is 12.3 Å². The zero-order valence-corrected chi connectivity index (χ0v) is 15.3. The predicted octanol–water partition coefficient (Wildman–Crippen LogP) is 4.23. The summed E-state index contributed by atoms with van der Waals surface area (Å²) in [6.07, 6.45) is -4.75. The number of fused-ring (bicyclic) bond motifs is 1. The number of halogens is 3. The zero-order valence-electron chi connectivity index (χ0n) is 15.3. The van der Waals surface area contributed by atoms with E-state index in [1.165, 1.54) is 24.3 Å². The lowest BCUT2D eigenvalue weighted by molar-refractivity contribution is -0.274. The van der Waals surface area contributed by atoms with E-state index < -0.39 is 12.3 Å². The summed E-state index contributed by atoms with van der Waals surface area (Å²) < 4.78 is 45.6. The second kappa shape index (κ2) is 7.53. The molecule has 0 atom stereocenters. The van der Waals surface area contributed by atoms with Crippen molar-refractivity contribution in [3.63, 3.8) is 0 Å². The topological polar surface area (TPSA) is 55.8 Å². The molecule has 2 aromatic carbocycles. The van der Waals surface area contributed by atoms with E-state index in [-0.39, 0.29) is 24.8 Å². The Balaban J connectivity index is 1.75. The molecule has 5 nitrogen and oxygen atoms in total. The zero-order chi connectivity index (χ0) is 20.5. The number of esters is 1. The third kappa shape index (κ3) is 4.27. The largest absolute Gasteiger partial charge is 0.573 e. The number of aryl methyl sites for hydroxylation is 1. The minimum absolute atomic E-state index is 0.182. The number of nitrogens with zero attached hydrogens (tertiary/aromatic N) is 1. The van der Waals surface area contributed by atoms with Crippen molar-refractivity contribution in [2.24, 2.45) is 0 Å². The molecule has 1 amide bonds. The number of amides is 1. The molecule has 3 rings (SSSR count). The second-order valence-corrected chi connectivity index (χ2v) is 6.40. The molecule has 8 heteroatoms. The number of ether oxygens (including phenoxy) is 2. The van der Waals surface area contributed by atoms with E-state index in [4.69, 9.17) is 4.74 Å². The highest BCUT2D eigenvalue weighted by Gasteiger charge is 2.32. The third-order valence-corrected chi connectivity index (χ3v) is 4.32. The van der Waals surface area contributed by atoms with Crippen molar-refractivity contribution in [3.05, 3.63) is 64.2 Å². The predicted molar refractivity (Wildman–Crippen MR) is 93.8 cm³/mol. The smallest absolute Gasteiger partial charge is 0.462 e. The molecular formula is C20H18F3NO4. The molecule has 0 N–H and O–H groups in total. The minimum Gasteiger partial charge on any atom is -0.462 e. The third-order valence-electron chi connectivity index (χ3n) is 4.32. The van der Waals surface area contributed by atoms with Gasteiger partial charge in [0.25, 0.3) is 5.91 Å². The van der Waals surface area contributed by atoms with Crippen LogP contribution in [-0.2, 0) is 17.8 Å². The maximum Gasteiger partial charge on any atom is 0.573 e. The highest BCUT2D eigenvalue weighted by molar-refractivity contribution is 6.01. The number of rotatable bonds is 5. The van der Waals surface area contributed by atoms with Gasteiger partial charge in [0, 0.05) is 18.7 Å². The van der Waals surface area contributed by atoms with Gasteiger partial charge < -0.3 is 14.4 Å². The maximum atomic E-state index is 12.7. The summed E-state index contributed by atoms with van der Waals surface area (Å²) in [5.41, 5.74) is 3.01. The first-order valence-electron chi connectivity index (χ1n) is 8.62. The van der Waals surface area contributed by atoms with Crippen LogP contribution in [0.15, 0.2) is 36.4 Å². The van der Waals surface area contributed by atoms with Crippen LogP contribution in [0, 0.1) is 6.92 Å². The molecule has 148 valence electrons. The Morgan fingerprint density at radius 3 is 2.46 bits per heavy atom. The molecule has 0 unspecified atom stereocenters. The van der Waals surface area contributed by atoms with Gasteiger partial charge in [0.05, 0.1) is 12.2 Å². The van der Waals surface area contributed by atoms with Crippen molar-refractivity contribution in [1.82, 2.24) is 4.90 Å². The van der Waals surface area contributed by atoms with Crippen LogP contribution in [0.1, 0.15) is 44.3 Å². The SMILES string of the molecule is CCOC(=O)c1cc(C)c2c(c1)CN(Cc1ccc(OC(F)(F)F)cc1)C2=O. The number of hydrogen-bond acceptors (Lipinski definition) is 4.